The third-order valence-corrected chi connectivity index (χ3v) is 2.85. The monoisotopic (exact) mass is 280 g/mol. The second-order valence-electron chi connectivity index (χ2n) is 4.08. The van der Waals surface area contributed by atoms with Crippen molar-refractivity contribution >= 4 is 11.9 Å². The molecule has 7 heteroatoms. The van der Waals surface area contributed by atoms with Crippen molar-refractivity contribution < 1.29 is 22.4 Å². The van der Waals surface area contributed by atoms with E-state index in [9.17, 15) is 18.0 Å². The summed E-state index contributed by atoms with van der Waals surface area (Å²) in [6, 6.07) is 5.32. The highest BCUT2D eigenvalue weighted by molar-refractivity contribution is 5.84. The molecule has 3 aromatic rings. The molecular formula is C13H7F3N2O2. The van der Waals surface area contributed by atoms with E-state index in [2.05, 4.69) is 4.98 Å². The number of hydrogen-bond donors (Lipinski definition) is 0. The Kier molecular flexibility index (Phi) is 2.63. The fourth-order valence-electron chi connectivity index (χ4n) is 1.94. The first-order valence-electron chi connectivity index (χ1n) is 5.59. The van der Waals surface area contributed by atoms with Gasteiger partial charge in [0.25, 0.3) is 0 Å². The molecular weight excluding hydrogens is 273 g/mol. The fourth-order valence-corrected chi connectivity index (χ4v) is 1.94. The molecule has 0 N–H and O–H groups in total. The van der Waals surface area contributed by atoms with Crippen molar-refractivity contribution in [3.63, 3.8) is 0 Å². The van der Waals surface area contributed by atoms with E-state index in [-0.39, 0.29) is 17.0 Å². The molecule has 4 nitrogen and oxygen atoms in total. The van der Waals surface area contributed by atoms with E-state index in [0.29, 0.717) is 12.0 Å². The third-order valence-electron chi connectivity index (χ3n) is 2.85. The van der Waals surface area contributed by atoms with E-state index in [0.717, 1.165) is 16.7 Å². The fraction of sp³-hybridized carbons (Fsp3) is 0.0769. The predicted molar refractivity (Wildman–Crippen MR) is 63.3 cm³/mol. The number of carbonyl (C=O) groups is 1. The maximum Gasteiger partial charge on any atom is 0.417 e. The second-order valence-corrected chi connectivity index (χ2v) is 4.08. The van der Waals surface area contributed by atoms with Crippen LogP contribution in [0, 0.1) is 0 Å². The van der Waals surface area contributed by atoms with Crippen molar-refractivity contribution in [1.82, 2.24) is 9.38 Å². The number of furan rings is 1. The standard InChI is InChI=1S/C13H7F3N2O2/c14-13(15,16)8-3-4-11-17-12(10-2-1-5-20-10)9(7-19)18(11)6-8/h1-7H. The topological polar surface area (TPSA) is 47.5 Å². The van der Waals surface area contributed by atoms with Crippen LogP contribution in [0.3, 0.4) is 0 Å². The summed E-state index contributed by atoms with van der Waals surface area (Å²) in [6.45, 7) is 0. The van der Waals surface area contributed by atoms with Crippen LogP contribution in [-0.4, -0.2) is 15.7 Å². The third kappa shape index (κ3) is 1.87. The number of aromatic nitrogens is 2. The van der Waals surface area contributed by atoms with Gasteiger partial charge in [-0.25, -0.2) is 4.98 Å². The number of aldehydes is 1. The van der Waals surface area contributed by atoms with E-state index < -0.39 is 11.7 Å². The summed E-state index contributed by atoms with van der Waals surface area (Å²) >= 11 is 0. The van der Waals surface area contributed by atoms with Crippen LogP contribution in [0.2, 0.25) is 0 Å². The Morgan fingerprint density at radius 3 is 2.65 bits per heavy atom. The van der Waals surface area contributed by atoms with Crippen molar-refractivity contribution in [2.24, 2.45) is 0 Å². The lowest BCUT2D eigenvalue weighted by Crippen LogP contribution is -2.06. The Balaban J connectivity index is 2.28. The van der Waals surface area contributed by atoms with Crippen LogP contribution in [0.25, 0.3) is 17.1 Å². The Labute approximate surface area is 110 Å². The number of fused-ring (bicyclic) bond motifs is 1. The average molecular weight is 280 g/mol. The van der Waals surface area contributed by atoms with Gasteiger partial charge in [0.1, 0.15) is 17.0 Å². The van der Waals surface area contributed by atoms with Crippen molar-refractivity contribution in [2.75, 3.05) is 0 Å². The predicted octanol–water partition coefficient (Wildman–Crippen LogP) is 3.43. The highest BCUT2D eigenvalue weighted by atomic mass is 19.4. The number of pyridine rings is 1. The summed E-state index contributed by atoms with van der Waals surface area (Å²) in [5, 5.41) is 0. The van der Waals surface area contributed by atoms with Gasteiger partial charge in [-0.1, -0.05) is 0 Å². The highest BCUT2D eigenvalue weighted by Crippen LogP contribution is 2.31. The van der Waals surface area contributed by atoms with Gasteiger partial charge in [0.05, 0.1) is 11.8 Å². The lowest BCUT2D eigenvalue weighted by molar-refractivity contribution is -0.137. The lowest BCUT2D eigenvalue weighted by atomic mass is 10.2. The number of halogens is 3. The van der Waals surface area contributed by atoms with Gasteiger partial charge < -0.3 is 4.42 Å². The van der Waals surface area contributed by atoms with Crippen molar-refractivity contribution in [3.05, 3.63) is 48.0 Å². The Bertz CT molecular complexity index is 773. The summed E-state index contributed by atoms with van der Waals surface area (Å²) in [6.07, 6.45) is -1.78. The normalized spacial score (nSPS) is 11.9. The van der Waals surface area contributed by atoms with Crippen LogP contribution in [0.1, 0.15) is 16.1 Å². The Morgan fingerprint density at radius 2 is 2.05 bits per heavy atom. The van der Waals surface area contributed by atoms with Crippen LogP contribution < -0.4 is 0 Å². The van der Waals surface area contributed by atoms with Crippen LogP contribution in [0.4, 0.5) is 13.2 Å². The maximum absolute atomic E-state index is 12.7. The minimum absolute atomic E-state index is 0.0149. The van der Waals surface area contributed by atoms with Crippen molar-refractivity contribution in [2.45, 2.75) is 6.18 Å². The molecule has 0 spiro atoms. The molecule has 0 aromatic carbocycles. The van der Waals surface area contributed by atoms with Crippen LogP contribution in [0.15, 0.2) is 41.1 Å². The molecule has 0 saturated carbocycles. The summed E-state index contributed by atoms with van der Waals surface area (Å²) in [7, 11) is 0. The van der Waals surface area contributed by atoms with Gasteiger partial charge in [0, 0.05) is 6.20 Å². The molecule has 3 heterocycles. The zero-order valence-electron chi connectivity index (χ0n) is 9.89. The molecule has 0 atom stereocenters. The van der Waals surface area contributed by atoms with E-state index >= 15 is 0 Å². The van der Waals surface area contributed by atoms with Crippen molar-refractivity contribution in [3.8, 4) is 11.5 Å². The number of alkyl halides is 3. The molecule has 0 bridgehead atoms. The quantitative estimate of drug-likeness (QED) is 0.676. The van der Waals surface area contributed by atoms with Gasteiger partial charge >= 0.3 is 6.18 Å². The minimum Gasteiger partial charge on any atom is -0.463 e. The maximum atomic E-state index is 12.7. The molecule has 0 unspecified atom stereocenters. The van der Waals surface area contributed by atoms with Gasteiger partial charge in [-0.05, 0) is 24.3 Å². The number of carbonyl (C=O) groups excluding carboxylic acids is 1. The van der Waals surface area contributed by atoms with Crippen LogP contribution in [0.5, 0.6) is 0 Å². The zero-order valence-corrected chi connectivity index (χ0v) is 9.89. The Hall–Kier alpha value is -2.57. The molecule has 0 aliphatic heterocycles. The van der Waals surface area contributed by atoms with E-state index in [4.69, 9.17) is 4.42 Å². The van der Waals surface area contributed by atoms with Crippen LogP contribution in [-0.2, 0) is 6.18 Å². The molecule has 102 valence electrons. The SMILES string of the molecule is O=Cc1c(-c2ccco2)nc2ccc(C(F)(F)F)cn12. The first-order valence-corrected chi connectivity index (χ1v) is 5.59. The molecule has 0 radical (unpaired) electrons. The zero-order chi connectivity index (χ0) is 14.3. The minimum atomic E-state index is -4.48. The molecule has 0 aliphatic rings. The summed E-state index contributed by atoms with van der Waals surface area (Å²) in [5.41, 5.74) is -0.381. The number of hydrogen-bond acceptors (Lipinski definition) is 3. The molecule has 0 saturated heterocycles. The molecule has 3 rings (SSSR count). The smallest absolute Gasteiger partial charge is 0.417 e. The largest absolute Gasteiger partial charge is 0.463 e. The average Bonchev–Trinajstić information content (AvgIpc) is 3.03. The Morgan fingerprint density at radius 1 is 1.25 bits per heavy atom. The van der Waals surface area contributed by atoms with E-state index in [1.54, 1.807) is 12.1 Å². The molecule has 3 aromatic heterocycles. The van der Waals surface area contributed by atoms with Gasteiger partial charge in [-0.3, -0.25) is 9.20 Å². The van der Waals surface area contributed by atoms with Gasteiger partial charge in [0.15, 0.2) is 12.0 Å². The summed E-state index contributed by atoms with van der Waals surface area (Å²) in [5.74, 6) is 0.323. The molecule has 20 heavy (non-hydrogen) atoms. The number of imidazole rings is 1. The molecule has 0 amide bonds. The second kappa shape index (κ2) is 4.22. The van der Waals surface area contributed by atoms with E-state index in [1.807, 2.05) is 0 Å². The van der Waals surface area contributed by atoms with Gasteiger partial charge in [-0.2, -0.15) is 13.2 Å². The summed E-state index contributed by atoms with van der Waals surface area (Å²) < 4.78 is 44.3. The van der Waals surface area contributed by atoms with Gasteiger partial charge in [-0.15, -0.1) is 0 Å². The first kappa shape index (κ1) is 12.5. The number of rotatable bonds is 2. The van der Waals surface area contributed by atoms with Gasteiger partial charge in [0.2, 0.25) is 0 Å². The molecule has 0 aliphatic carbocycles. The molecule has 0 fully saturated rings. The van der Waals surface area contributed by atoms with E-state index in [1.165, 1.54) is 12.3 Å². The first-order chi connectivity index (χ1) is 9.50. The summed E-state index contributed by atoms with van der Waals surface area (Å²) in [4.78, 5) is 15.3. The lowest BCUT2D eigenvalue weighted by Gasteiger charge is -2.06. The highest BCUT2D eigenvalue weighted by Gasteiger charge is 2.31. The van der Waals surface area contributed by atoms with Crippen molar-refractivity contribution in [1.29, 1.82) is 0 Å². The van der Waals surface area contributed by atoms with Crippen LogP contribution >= 0.6 is 0 Å². The number of nitrogens with zero attached hydrogens (tertiary/aromatic N) is 2.